The maximum absolute atomic E-state index is 14.3. The van der Waals surface area contributed by atoms with Crippen LogP contribution in [-0.2, 0) is 28.0 Å². The second-order valence-corrected chi connectivity index (χ2v) is 8.56. The number of hydrogen-bond acceptors (Lipinski definition) is 5. The zero-order chi connectivity index (χ0) is 23.2. The lowest BCUT2D eigenvalue weighted by molar-refractivity contribution is -0.116. The van der Waals surface area contributed by atoms with Crippen LogP contribution in [0.3, 0.4) is 0 Å². The molecule has 2 aromatic rings. The maximum Gasteiger partial charge on any atom is 0.244 e. The normalized spacial score (nSPS) is 11.2. The maximum atomic E-state index is 14.3. The average Bonchev–Trinajstić information content (AvgIpc) is 2.71. The smallest absolute Gasteiger partial charge is 0.244 e. The fraction of sp³-hybridized carbons (Fsp3) is 0.238. The zero-order valence-electron chi connectivity index (χ0n) is 17.2. The third kappa shape index (κ3) is 6.79. The van der Waals surface area contributed by atoms with Crippen molar-refractivity contribution in [3.8, 4) is 12.3 Å². The van der Waals surface area contributed by atoms with Gasteiger partial charge < -0.3 is 10.2 Å². The SMILES string of the molecule is C#Cc1cc(CNC(=O)/C=C/c2ccc(CF)nc2N(C)C)cc(F)c1NS(C)(=O)=O. The highest BCUT2D eigenvalue weighted by molar-refractivity contribution is 7.92. The van der Waals surface area contributed by atoms with Crippen molar-refractivity contribution in [1.82, 2.24) is 10.3 Å². The van der Waals surface area contributed by atoms with Gasteiger partial charge in [0.2, 0.25) is 15.9 Å². The summed E-state index contributed by atoms with van der Waals surface area (Å²) in [6.07, 6.45) is 9.04. The molecule has 0 aliphatic heterocycles. The van der Waals surface area contributed by atoms with Crippen LogP contribution in [0.2, 0.25) is 0 Å². The van der Waals surface area contributed by atoms with E-state index in [4.69, 9.17) is 6.42 Å². The van der Waals surface area contributed by atoms with E-state index in [2.05, 4.69) is 16.2 Å². The molecule has 1 amide bonds. The minimum atomic E-state index is -3.71. The number of benzene rings is 1. The highest BCUT2D eigenvalue weighted by Gasteiger charge is 2.14. The molecule has 31 heavy (non-hydrogen) atoms. The molecule has 10 heteroatoms. The van der Waals surface area contributed by atoms with Crippen LogP contribution in [0.25, 0.3) is 6.08 Å². The van der Waals surface area contributed by atoms with E-state index in [1.54, 1.807) is 25.1 Å². The molecule has 0 radical (unpaired) electrons. The summed E-state index contributed by atoms with van der Waals surface area (Å²) in [4.78, 5) is 18.1. The lowest BCUT2D eigenvalue weighted by Crippen LogP contribution is -2.21. The van der Waals surface area contributed by atoms with E-state index in [0.29, 0.717) is 16.9 Å². The number of alkyl halides is 1. The molecule has 2 N–H and O–H groups in total. The minimum Gasteiger partial charge on any atom is -0.362 e. The molecule has 0 atom stereocenters. The molecule has 7 nitrogen and oxygen atoms in total. The minimum absolute atomic E-state index is 0.0138. The second kappa shape index (κ2) is 10.0. The van der Waals surface area contributed by atoms with E-state index in [1.807, 2.05) is 4.72 Å². The Balaban J connectivity index is 2.13. The number of terminal acetylenes is 1. The molecule has 0 unspecified atom stereocenters. The highest BCUT2D eigenvalue weighted by Crippen LogP contribution is 2.23. The van der Waals surface area contributed by atoms with Crippen LogP contribution in [0.1, 0.15) is 22.4 Å². The third-order valence-corrected chi connectivity index (χ3v) is 4.57. The van der Waals surface area contributed by atoms with Gasteiger partial charge in [0.25, 0.3) is 0 Å². The summed E-state index contributed by atoms with van der Waals surface area (Å²) in [7, 11) is -0.209. The number of hydrogen-bond donors (Lipinski definition) is 2. The lowest BCUT2D eigenvalue weighted by atomic mass is 10.1. The number of rotatable bonds is 8. The average molecular weight is 448 g/mol. The number of anilines is 2. The van der Waals surface area contributed by atoms with Crippen molar-refractivity contribution in [2.45, 2.75) is 13.2 Å². The predicted molar refractivity (Wildman–Crippen MR) is 117 cm³/mol. The summed E-state index contributed by atoms with van der Waals surface area (Å²) < 4.78 is 51.9. The number of amides is 1. The van der Waals surface area contributed by atoms with Crippen molar-refractivity contribution in [1.29, 1.82) is 0 Å². The molecule has 2 rings (SSSR count). The third-order valence-electron chi connectivity index (χ3n) is 4.00. The molecule has 1 aromatic heterocycles. The van der Waals surface area contributed by atoms with Crippen molar-refractivity contribution in [3.05, 3.63) is 58.5 Å². The Bertz CT molecular complexity index is 1160. The van der Waals surface area contributed by atoms with Gasteiger partial charge in [-0.15, -0.1) is 6.42 Å². The van der Waals surface area contributed by atoms with Crippen molar-refractivity contribution in [2.24, 2.45) is 0 Å². The summed E-state index contributed by atoms with van der Waals surface area (Å²) >= 11 is 0. The number of aromatic nitrogens is 1. The van der Waals surface area contributed by atoms with Crippen LogP contribution in [0.5, 0.6) is 0 Å². The predicted octanol–water partition coefficient (Wildman–Crippen LogP) is 2.44. The number of halogens is 2. The van der Waals surface area contributed by atoms with Crippen LogP contribution in [-0.4, -0.2) is 39.7 Å². The molecule has 1 heterocycles. The molecule has 1 aromatic carbocycles. The molecule has 0 saturated heterocycles. The van der Waals surface area contributed by atoms with Gasteiger partial charge in [-0.25, -0.2) is 22.2 Å². The molecule has 0 saturated carbocycles. The van der Waals surface area contributed by atoms with Gasteiger partial charge >= 0.3 is 0 Å². The quantitative estimate of drug-likeness (QED) is 0.478. The summed E-state index contributed by atoms with van der Waals surface area (Å²) in [6, 6.07) is 5.68. The fourth-order valence-electron chi connectivity index (χ4n) is 2.64. The number of sulfonamides is 1. The fourth-order valence-corrected chi connectivity index (χ4v) is 3.22. The van der Waals surface area contributed by atoms with Gasteiger partial charge in [0.15, 0.2) is 0 Å². The molecular weight excluding hydrogens is 426 g/mol. The molecule has 0 aliphatic rings. The van der Waals surface area contributed by atoms with E-state index in [9.17, 15) is 22.0 Å². The molecule has 0 aliphatic carbocycles. The standard InChI is InChI=1S/C21H22F2N4O3S/c1-5-15-10-14(11-18(23)20(15)26-31(4,29)30)13-24-19(28)9-7-16-6-8-17(12-22)25-21(16)27(2)3/h1,6-11,26H,12-13H2,2-4H3,(H,24,28)/b9-7+. The highest BCUT2D eigenvalue weighted by atomic mass is 32.2. The Labute approximate surface area is 180 Å². The summed E-state index contributed by atoms with van der Waals surface area (Å²) in [5.74, 6) is 1.43. The van der Waals surface area contributed by atoms with Crippen molar-refractivity contribution >= 4 is 33.5 Å². The van der Waals surface area contributed by atoms with Gasteiger partial charge in [0, 0.05) is 32.3 Å². The van der Waals surface area contributed by atoms with Crippen LogP contribution in [0.4, 0.5) is 20.3 Å². The molecule has 0 fully saturated rings. The van der Waals surface area contributed by atoms with E-state index in [0.717, 1.165) is 12.3 Å². The van der Waals surface area contributed by atoms with E-state index in [1.165, 1.54) is 24.3 Å². The van der Waals surface area contributed by atoms with Crippen molar-refractivity contribution in [3.63, 3.8) is 0 Å². The van der Waals surface area contributed by atoms with Gasteiger partial charge in [-0.3, -0.25) is 9.52 Å². The Morgan fingerprint density at radius 1 is 1.32 bits per heavy atom. The zero-order valence-corrected chi connectivity index (χ0v) is 18.1. The molecule has 164 valence electrons. The molecular formula is C21H22F2N4O3S. The summed E-state index contributed by atoms with van der Waals surface area (Å²) in [6.45, 7) is -0.729. The van der Waals surface area contributed by atoms with E-state index < -0.39 is 28.4 Å². The van der Waals surface area contributed by atoms with Gasteiger partial charge in [0.1, 0.15) is 18.3 Å². The van der Waals surface area contributed by atoms with E-state index >= 15 is 0 Å². The van der Waals surface area contributed by atoms with Crippen LogP contribution < -0.4 is 14.9 Å². The van der Waals surface area contributed by atoms with Gasteiger partial charge in [-0.1, -0.05) is 5.92 Å². The second-order valence-electron chi connectivity index (χ2n) is 6.81. The van der Waals surface area contributed by atoms with Gasteiger partial charge in [-0.2, -0.15) is 0 Å². The number of pyridine rings is 1. The first-order valence-corrected chi connectivity index (χ1v) is 10.9. The van der Waals surface area contributed by atoms with Gasteiger partial charge in [0.05, 0.1) is 23.2 Å². The first-order valence-electron chi connectivity index (χ1n) is 9.00. The monoisotopic (exact) mass is 448 g/mol. The Hall–Kier alpha value is -3.45. The van der Waals surface area contributed by atoms with Crippen LogP contribution in [0, 0.1) is 18.2 Å². The number of nitrogens with one attached hydrogen (secondary N) is 2. The topological polar surface area (TPSA) is 91.4 Å². The first kappa shape index (κ1) is 23.8. The lowest BCUT2D eigenvalue weighted by Gasteiger charge is -2.15. The Morgan fingerprint density at radius 2 is 2.03 bits per heavy atom. The number of carbonyl (C=O) groups excluding carboxylic acids is 1. The Morgan fingerprint density at radius 3 is 2.61 bits per heavy atom. The van der Waals surface area contributed by atoms with Crippen molar-refractivity contribution in [2.75, 3.05) is 30.0 Å². The summed E-state index contributed by atoms with van der Waals surface area (Å²) in [5.41, 5.74) is 0.953. The van der Waals surface area contributed by atoms with E-state index in [-0.39, 0.29) is 23.5 Å². The van der Waals surface area contributed by atoms with Crippen molar-refractivity contribution < 1.29 is 22.0 Å². The molecule has 0 spiro atoms. The molecule has 0 bridgehead atoms. The largest absolute Gasteiger partial charge is 0.362 e. The van der Waals surface area contributed by atoms with Crippen LogP contribution in [0.15, 0.2) is 30.3 Å². The summed E-state index contributed by atoms with van der Waals surface area (Å²) in [5, 5.41) is 2.59. The van der Waals surface area contributed by atoms with Crippen LogP contribution >= 0.6 is 0 Å². The number of nitrogens with zero attached hydrogens (tertiary/aromatic N) is 2. The number of carbonyl (C=O) groups is 1. The van der Waals surface area contributed by atoms with Gasteiger partial charge in [-0.05, 0) is 35.9 Å². The first-order chi connectivity index (χ1) is 14.5. The Kier molecular flexibility index (Phi) is 7.72.